The van der Waals surface area contributed by atoms with Gasteiger partial charge in [0.15, 0.2) is 5.82 Å². The van der Waals surface area contributed by atoms with Crippen LogP contribution in [0.15, 0.2) is 30.6 Å². The standard InChI is InChI=1S/C26H34F4N2O3/c1-3-5-7-8-9-10-11-19-16-31-25(32-17-19)21-14-13-20(15-22(21)27)35-23(26(28,29)30)18-34-24(33)12-6-4-2/h13-17,23H,3-12,18H2,1-2H3. The predicted molar refractivity (Wildman–Crippen MR) is 125 cm³/mol. The van der Waals surface area contributed by atoms with Crippen molar-refractivity contribution in [2.24, 2.45) is 0 Å². The van der Waals surface area contributed by atoms with Crippen LogP contribution in [0.5, 0.6) is 5.75 Å². The lowest BCUT2D eigenvalue weighted by molar-refractivity contribution is -0.209. The summed E-state index contributed by atoms with van der Waals surface area (Å²) < 4.78 is 64.3. The Morgan fingerprint density at radius 3 is 2.26 bits per heavy atom. The number of carbonyl (C=O) groups excluding carboxylic acids is 1. The molecule has 5 nitrogen and oxygen atoms in total. The van der Waals surface area contributed by atoms with Gasteiger partial charge in [-0.25, -0.2) is 14.4 Å². The van der Waals surface area contributed by atoms with Crippen molar-refractivity contribution in [2.45, 2.75) is 90.3 Å². The summed E-state index contributed by atoms with van der Waals surface area (Å²) in [7, 11) is 0. The minimum Gasteiger partial charge on any atom is -0.477 e. The molecule has 2 aromatic rings. The average Bonchev–Trinajstić information content (AvgIpc) is 2.82. The number of hydrogen-bond acceptors (Lipinski definition) is 5. The van der Waals surface area contributed by atoms with Crippen molar-refractivity contribution in [2.75, 3.05) is 6.61 Å². The number of hydrogen-bond donors (Lipinski definition) is 0. The van der Waals surface area contributed by atoms with E-state index in [0.717, 1.165) is 30.9 Å². The van der Waals surface area contributed by atoms with Crippen molar-refractivity contribution in [3.63, 3.8) is 0 Å². The van der Waals surface area contributed by atoms with Gasteiger partial charge in [-0.15, -0.1) is 0 Å². The van der Waals surface area contributed by atoms with E-state index in [0.29, 0.717) is 12.8 Å². The summed E-state index contributed by atoms with van der Waals surface area (Å²) in [5.74, 6) is -1.74. The van der Waals surface area contributed by atoms with Crippen LogP contribution in [0.2, 0.25) is 0 Å². The molecule has 1 atom stereocenters. The van der Waals surface area contributed by atoms with Crippen molar-refractivity contribution in [1.29, 1.82) is 0 Å². The topological polar surface area (TPSA) is 61.3 Å². The zero-order valence-corrected chi connectivity index (χ0v) is 20.4. The molecule has 0 aliphatic rings. The number of esters is 1. The van der Waals surface area contributed by atoms with Crippen molar-refractivity contribution in [3.8, 4) is 17.1 Å². The van der Waals surface area contributed by atoms with Gasteiger partial charge >= 0.3 is 12.1 Å². The molecule has 35 heavy (non-hydrogen) atoms. The molecule has 0 fully saturated rings. The van der Waals surface area contributed by atoms with Gasteiger partial charge < -0.3 is 9.47 Å². The number of halogens is 4. The number of benzene rings is 1. The summed E-state index contributed by atoms with van der Waals surface area (Å²) in [5, 5.41) is 0. The van der Waals surface area contributed by atoms with Gasteiger partial charge in [-0.2, -0.15) is 13.2 Å². The number of ether oxygens (including phenoxy) is 2. The van der Waals surface area contributed by atoms with Gasteiger partial charge in [0.25, 0.3) is 0 Å². The number of aryl methyl sites for hydroxylation is 1. The Kier molecular flexibility index (Phi) is 11.9. The predicted octanol–water partition coefficient (Wildman–Crippen LogP) is 7.23. The number of rotatable bonds is 15. The van der Waals surface area contributed by atoms with Gasteiger partial charge in [-0.3, -0.25) is 4.79 Å². The van der Waals surface area contributed by atoms with Gasteiger partial charge in [0.1, 0.15) is 18.2 Å². The van der Waals surface area contributed by atoms with E-state index in [9.17, 15) is 22.4 Å². The molecule has 0 radical (unpaired) electrons. The van der Waals surface area contributed by atoms with Gasteiger partial charge in [0.2, 0.25) is 6.10 Å². The highest BCUT2D eigenvalue weighted by Crippen LogP contribution is 2.29. The Morgan fingerprint density at radius 2 is 1.63 bits per heavy atom. The van der Waals surface area contributed by atoms with E-state index in [2.05, 4.69) is 16.9 Å². The van der Waals surface area contributed by atoms with Crippen LogP contribution in [0.25, 0.3) is 11.4 Å². The number of unbranched alkanes of at least 4 members (excludes halogenated alkanes) is 6. The molecule has 0 N–H and O–H groups in total. The summed E-state index contributed by atoms with van der Waals surface area (Å²) in [5.41, 5.74) is 1.00. The van der Waals surface area contributed by atoms with E-state index in [1.165, 1.54) is 37.8 Å². The van der Waals surface area contributed by atoms with Crippen molar-refractivity contribution in [3.05, 3.63) is 42.0 Å². The highest BCUT2D eigenvalue weighted by molar-refractivity contribution is 5.69. The molecular weight excluding hydrogens is 464 g/mol. The fourth-order valence-electron chi connectivity index (χ4n) is 3.40. The fraction of sp³-hybridized carbons (Fsp3) is 0.577. The molecule has 0 aliphatic heterocycles. The minimum atomic E-state index is -4.80. The quantitative estimate of drug-likeness (QED) is 0.147. The third kappa shape index (κ3) is 10.2. The van der Waals surface area contributed by atoms with E-state index in [4.69, 9.17) is 9.47 Å². The van der Waals surface area contributed by atoms with E-state index in [-0.39, 0.29) is 23.6 Å². The smallest absolute Gasteiger partial charge is 0.428 e. The number of carbonyl (C=O) groups is 1. The Balaban J connectivity index is 1.97. The average molecular weight is 499 g/mol. The molecular formula is C26H34F4N2O3. The fourth-order valence-corrected chi connectivity index (χ4v) is 3.40. The first-order valence-electron chi connectivity index (χ1n) is 12.2. The molecule has 2 rings (SSSR count). The lowest BCUT2D eigenvalue weighted by Crippen LogP contribution is -2.39. The normalized spacial score (nSPS) is 12.4. The van der Waals surface area contributed by atoms with Gasteiger partial charge in [-0.1, -0.05) is 52.4 Å². The summed E-state index contributed by atoms with van der Waals surface area (Å²) >= 11 is 0. The Bertz CT molecular complexity index is 904. The maximum Gasteiger partial charge on any atom is 0.428 e. The van der Waals surface area contributed by atoms with Crippen LogP contribution in [0.4, 0.5) is 17.6 Å². The Hall–Kier alpha value is -2.71. The zero-order valence-electron chi connectivity index (χ0n) is 20.4. The van der Waals surface area contributed by atoms with Crippen LogP contribution >= 0.6 is 0 Å². The third-order valence-electron chi connectivity index (χ3n) is 5.48. The van der Waals surface area contributed by atoms with Crippen LogP contribution in [0.1, 0.15) is 77.2 Å². The molecule has 194 valence electrons. The van der Waals surface area contributed by atoms with Gasteiger partial charge in [0, 0.05) is 24.9 Å². The van der Waals surface area contributed by atoms with E-state index in [1.54, 1.807) is 12.4 Å². The summed E-state index contributed by atoms with van der Waals surface area (Å²) in [6, 6.07) is 3.33. The minimum absolute atomic E-state index is 0.0299. The van der Waals surface area contributed by atoms with Crippen LogP contribution in [0.3, 0.4) is 0 Å². The molecule has 0 aliphatic carbocycles. The SMILES string of the molecule is CCCCCCCCc1cnc(-c2ccc(OC(COC(=O)CCCC)C(F)(F)F)cc2F)nc1. The number of aromatic nitrogens is 2. The van der Waals surface area contributed by atoms with Crippen LogP contribution in [-0.2, 0) is 16.0 Å². The van der Waals surface area contributed by atoms with Crippen LogP contribution < -0.4 is 4.74 Å². The van der Waals surface area contributed by atoms with Crippen molar-refractivity contribution in [1.82, 2.24) is 9.97 Å². The molecule has 1 heterocycles. The summed E-state index contributed by atoms with van der Waals surface area (Å²) in [6.45, 7) is 3.03. The maximum absolute atomic E-state index is 14.7. The second-order valence-corrected chi connectivity index (χ2v) is 8.51. The highest BCUT2D eigenvalue weighted by Gasteiger charge is 2.43. The first-order valence-corrected chi connectivity index (χ1v) is 12.2. The second kappa shape index (κ2) is 14.6. The second-order valence-electron chi connectivity index (χ2n) is 8.51. The van der Waals surface area contributed by atoms with Gasteiger partial charge in [0.05, 0.1) is 5.56 Å². The van der Waals surface area contributed by atoms with E-state index >= 15 is 0 Å². The Morgan fingerprint density at radius 1 is 0.971 bits per heavy atom. The van der Waals surface area contributed by atoms with E-state index in [1.807, 2.05) is 6.92 Å². The summed E-state index contributed by atoms with van der Waals surface area (Å²) in [4.78, 5) is 20.0. The largest absolute Gasteiger partial charge is 0.477 e. The molecule has 0 spiro atoms. The molecule has 1 aromatic heterocycles. The number of alkyl halides is 3. The number of nitrogens with zero attached hydrogens (tertiary/aromatic N) is 2. The molecule has 0 amide bonds. The molecule has 1 aromatic carbocycles. The maximum atomic E-state index is 14.7. The van der Waals surface area contributed by atoms with Crippen molar-refractivity contribution >= 4 is 5.97 Å². The van der Waals surface area contributed by atoms with Crippen LogP contribution in [-0.4, -0.2) is 34.8 Å². The molecule has 0 saturated heterocycles. The first kappa shape index (κ1) is 28.5. The molecule has 0 saturated carbocycles. The first-order chi connectivity index (χ1) is 16.7. The van der Waals surface area contributed by atoms with Crippen LogP contribution in [0, 0.1) is 5.82 Å². The lowest BCUT2D eigenvalue weighted by Gasteiger charge is -2.21. The van der Waals surface area contributed by atoms with Gasteiger partial charge in [-0.05, 0) is 37.0 Å². The zero-order chi connectivity index (χ0) is 25.7. The molecule has 9 heteroatoms. The highest BCUT2D eigenvalue weighted by atomic mass is 19.4. The summed E-state index contributed by atoms with van der Waals surface area (Å²) in [6.07, 6.45) is 5.23. The molecule has 0 bridgehead atoms. The van der Waals surface area contributed by atoms with Crippen molar-refractivity contribution < 1.29 is 31.8 Å². The Labute approximate surface area is 204 Å². The monoisotopic (exact) mass is 498 g/mol. The lowest BCUT2D eigenvalue weighted by atomic mass is 10.1. The molecule has 1 unspecified atom stereocenters. The van der Waals surface area contributed by atoms with E-state index < -0.39 is 30.7 Å². The third-order valence-corrected chi connectivity index (χ3v) is 5.48.